The Bertz CT molecular complexity index is 499. The quantitative estimate of drug-likeness (QED) is 0.492. The average molecular weight is 362 g/mol. The van der Waals surface area contributed by atoms with Gasteiger partial charge in [0, 0.05) is 6.07 Å². The van der Waals surface area contributed by atoms with Crippen molar-refractivity contribution >= 4 is 28.3 Å². The molecule has 0 amide bonds. The lowest BCUT2D eigenvalue weighted by Crippen LogP contribution is -2.17. The van der Waals surface area contributed by atoms with Gasteiger partial charge in [-0.3, -0.25) is 10.1 Å². The molecule has 0 aliphatic heterocycles. The lowest BCUT2D eigenvalue weighted by atomic mass is 10.2. The maximum absolute atomic E-state index is 10.9. The number of nitro benzene ring substituents is 1. The number of rotatable bonds is 5. The first-order chi connectivity index (χ1) is 8.49. The number of benzene rings is 1. The van der Waals surface area contributed by atoms with Crippen molar-refractivity contribution < 1.29 is 14.8 Å². The number of ether oxygens (including phenoxy) is 1. The molecule has 1 aromatic rings. The van der Waals surface area contributed by atoms with E-state index in [1.54, 1.807) is 6.92 Å². The third-order valence-corrected chi connectivity index (χ3v) is 3.04. The fourth-order valence-electron chi connectivity index (χ4n) is 1.22. The molecule has 1 atom stereocenters. The predicted molar refractivity (Wildman–Crippen MR) is 72.3 cm³/mol. The van der Waals surface area contributed by atoms with Crippen LogP contribution in [0.15, 0.2) is 12.1 Å². The summed E-state index contributed by atoms with van der Waals surface area (Å²) in [6.07, 6.45) is -0.170. The Labute approximate surface area is 117 Å². The first-order valence-corrected chi connectivity index (χ1v) is 6.26. The highest BCUT2D eigenvalue weighted by Crippen LogP contribution is 2.33. The smallest absolute Gasteiger partial charge is 0.313 e. The molecule has 0 fully saturated rings. The summed E-state index contributed by atoms with van der Waals surface area (Å²) >= 11 is 1.86. The number of nitro groups is 1. The molecule has 96 valence electrons. The third kappa shape index (κ3) is 3.54. The zero-order valence-electron chi connectivity index (χ0n) is 9.59. The maximum atomic E-state index is 10.9. The first-order valence-electron chi connectivity index (χ1n) is 5.18. The molecule has 0 heterocycles. The van der Waals surface area contributed by atoms with Gasteiger partial charge in [0.15, 0.2) is 0 Å². The van der Waals surface area contributed by atoms with Gasteiger partial charge < -0.3 is 9.84 Å². The van der Waals surface area contributed by atoms with Gasteiger partial charge >= 0.3 is 5.69 Å². The van der Waals surface area contributed by atoms with Crippen LogP contribution in [0.5, 0.6) is 5.75 Å². The van der Waals surface area contributed by atoms with Crippen LogP contribution in [0.4, 0.5) is 5.69 Å². The standard InChI is InChI=1S/C11H11IN2O4/c1-2-8(15)6-18-11-9(12)3-7(5-13)4-10(11)14(16)17/h3-4,8,15H,2,6H2,1H3. The highest BCUT2D eigenvalue weighted by Gasteiger charge is 2.21. The van der Waals surface area contributed by atoms with E-state index in [9.17, 15) is 15.2 Å². The van der Waals surface area contributed by atoms with Crippen molar-refractivity contribution in [1.29, 1.82) is 5.26 Å². The fraction of sp³-hybridized carbons (Fsp3) is 0.364. The molecule has 0 aliphatic rings. The van der Waals surface area contributed by atoms with Crippen LogP contribution in [-0.4, -0.2) is 22.7 Å². The highest BCUT2D eigenvalue weighted by atomic mass is 127. The monoisotopic (exact) mass is 362 g/mol. The Morgan fingerprint density at radius 1 is 1.67 bits per heavy atom. The normalized spacial score (nSPS) is 11.7. The molecule has 0 saturated heterocycles. The van der Waals surface area contributed by atoms with E-state index >= 15 is 0 Å². The van der Waals surface area contributed by atoms with Gasteiger partial charge in [-0.2, -0.15) is 5.26 Å². The predicted octanol–water partition coefficient (Wildman–Crippen LogP) is 2.22. The average Bonchev–Trinajstić information content (AvgIpc) is 2.35. The Hall–Kier alpha value is -1.40. The molecule has 0 bridgehead atoms. The van der Waals surface area contributed by atoms with E-state index in [0.717, 1.165) is 6.07 Å². The van der Waals surface area contributed by atoms with E-state index in [-0.39, 0.29) is 23.6 Å². The topological polar surface area (TPSA) is 96.4 Å². The zero-order valence-corrected chi connectivity index (χ0v) is 11.7. The van der Waals surface area contributed by atoms with Crippen molar-refractivity contribution in [2.45, 2.75) is 19.4 Å². The van der Waals surface area contributed by atoms with Crippen molar-refractivity contribution in [3.8, 4) is 11.8 Å². The second kappa shape index (κ2) is 6.51. The Balaban J connectivity index is 3.09. The molecule has 1 rings (SSSR count). The van der Waals surface area contributed by atoms with Crippen molar-refractivity contribution in [1.82, 2.24) is 0 Å². The number of hydrogen-bond acceptors (Lipinski definition) is 5. The first kappa shape index (κ1) is 14.7. The van der Waals surface area contributed by atoms with Crippen LogP contribution < -0.4 is 4.74 Å². The molecule has 7 heteroatoms. The molecule has 0 aromatic heterocycles. The molecular formula is C11H11IN2O4. The summed E-state index contributed by atoms with van der Waals surface area (Å²) in [5.74, 6) is 0.0899. The second-order valence-electron chi connectivity index (χ2n) is 3.55. The summed E-state index contributed by atoms with van der Waals surface area (Å²) < 4.78 is 5.75. The van der Waals surface area contributed by atoms with Crippen molar-refractivity contribution in [2.75, 3.05) is 6.61 Å². The summed E-state index contributed by atoms with van der Waals surface area (Å²) in [5, 5.41) is 29.1. The fourth-order valence-corrected chi connectivity index (χ4v) is 1.99. The molecule has 18 heavy (non-hydrogen) atoms. The lowest BCUT2D eigenvalue weighted by molar-refractivity contribution is -0.386. The Morgan fingerprint density at radius 3 is 2.83 bits per heavy atom. The van der Waals surface area contributed by atoms with E-state index in [1.165, 1.54) is 6.07 Å². The van der Waals surface area contributed by atoms with Gasteiger partial charge in [-0.15, -0.1) is 0 Å². The van der Waals surface area contributed by atoms with E-state index in [1.807, 2.05) is 28.7 Å². The molecular weight excluding hydrogens is 351 g/mol. The molecule has 0 saturated carbocycles. The second-order valence-corrected chi connectivity index (χ2v) is 4.71. The third-order valence-electron chi connectivity index (χ3n) is 2.24. The van der Waals surface area contributed by atoms with Crippen LogP contribution in [0.1, 0.15) is 18.9 Å². The van der Waals surface area contributed by atoms with Crippen LogP contribution in [-0.2, 0) is 0 Å². The Kier molecular flexibility index (Phi) is 5.30. The minimum absolute atomic E-state index is 0.0146. The van der Waals surface area contributed by atoms with E-state index in [2.05, 4.69) is 0 Å². The number of nitrogens with zero attached hydrogens (tertiary/aromatic N) is 2. The van der Waals surface area contributed by atoms with Crippen molar-refractivity contribution in [3.63, 3.8) is 0 Å². The van der Waals surface area contributed by atoms with Crippen LogP contribution in [0, 0.1) is 25.0 Å². The number of hydrogen-bond donors (Lipinski definition) is 1. The summed E-state index contributed by atoms with van der Waals surface area (Å²) in [5.41, 5.74) is -0.0590. The van der Waals surface area contributed by atoms with E-state index in [0.29, 0.717) is 9.99 Å². The largest absolute Gasteiger partial charge is 0.483 e. The number of halogens is 1. The van der Waals surface area contributed by atoms with Gasteiger partial charge in [0.1, 0.15) is 6.61 Å². The highest BCUT2D eigenvalue weighted by molar-refractivity contribution is 14.1. The van der Waals surface area contributed by atoms with Gasteiger partial charge in [-0.05, 0) is 35.1 Å². The minimum Gasteiger partial charge on any atom is -0.483 e. The molecule has 1 N–H and O–H groups in total. The molecule has 0 spiro atoms. The Morgan fingerprint density at radius 2 is 2.33 bits per heavy atom. The molecule has 6 nitrogen and oxygen atoms in total. The zero-order chi connectivity index (χ0) is 13.7. The van der Waals surface area contributed by atoms with Crippen molar-refractivity contribution in [2.24, 2.45) is 0 Å². The van der Waals surface area contributed by atoms with Crippen LogP contribution >= 0.6 is 22.6 Å². The van der Waals surface area contributed by atoms with Crippen LogP contribution in [0.25, 0.3) is 0 Å². The van der Waals surface area contributed by atoms with Gasteiger partial charge in [0.05, 0.1) is 26.2 Å². The molecule has 1 aromatic carbocycles. The maximum Gasteiger partial charge on any atom is 0.313 e. The van der Waals surface area contributed by atoms with Gasteiger partial charge in [-0.1, -0.05) is 6.92 Å². The van der Waals surface area contributed by atoms with Gasteiger partial charge in [-0.25, -0.2) is 0 Å². The van der Waals surface area contributed by atoms with E-state index in [4.69, 9.17) is 10.00 Å². The number of nitriles is 1. The van der Waals surface area contributed by atoms with Crippen molar-refractivity contribution in [3.05, 3.63) is 31.4 Å². The minimum atomic E-state index is -0.670. The number of aliphatic hydroxyl groups excluding tert-OH is 1. The SMILES string of the molecule is CCC(O)COc1c(I)cc(C#N)cc1[N+](=O)[O-]. The number of aliphatic hydroxyl groups is 1. The summed E-state index contributed by atoms with van der Waals surface area (Å²) in [6.45, 7) is 1.77. The van der Waals surface area contributed by atoms with Crippen LogP contribution in [0.3, 0.4) is 0 Å². The molecule has 0 radical (unpaired) electrons. The summed E-state index contributed by atoms with van der Waals surface area (Å²) in [6, 6.07) is 4.52. The van der Waals surface area contributed by atoms with Crippen LogP contribution in [0.2, 0.25) is 0 Å². The summed E-state index contributed by atoms with van der Waals surface area (Å²) in [4.78, 5) is 10.3. The van der Waals surface area contributed by atoms with Gasteiger partial charge in [0.2, 0.25) is 5.75 Å². The lowest BCUT2D eigenvalue weighted by Gasteiger charge is -2.12. The molecule has 0 aliphatic carbocycles. The summed E-state index contributed by atoms with van der Waals surface area (Å²) in [7, 11) is 0. The molecule has 1 unspecified atom stereocenters. The van der Waals surface area contributed by atoms with Gasteiger partial charge in [0.25, 0.3) is 0 Å². The van der Waals surface area contributed by atoms with E-state index < -0.39 is 11.0 Å².